The van der Waals surface area contributed by atoms with Crippen LogP contribution in [0.4, 0.5) is 9.93 Å². The molecular weight excluding hydrogens is 414 g/mol. The van der Waals surface area contributed by atoms with Gasteiger partial charge in [-0.2, -0.15) is 0 Å². The van der Waals surface area contributed by atoms with Crippen molar-refractivity contribution in [1.82, 2.24) is 20.1 Å². The molecule has 29 heavy (non-hydrogen) atoms. The molecule has 0 radical (unpaired) electrons. The number of thiazole rings is 1. The number of nitrogens with zero attached hydrogens (tertiary/aromatic N) is 3. The third-order valence-electron chi connectivity index (χ3n) is 4.52. The summed E-state index contributed by atoms with van der Waals surface area (Å²) in [4.78, 5) is 43.5. The van der Waals surface area contributed by atoms with E-state index in [1.165, 1.54) is 18.3 Å². The van der Waals surface area contributed by atoms with Gasteiger partial charge in [0.2, 0.25) is 11.8 Å². The molecule has 8 nitrogen and oxygen atoms in total. The summed E-state index contributed by atoms with van der Waals surface area (Å²) in [6, 6.07) is 7.02. The van der Waals surface area contributed by atoms with Crippen LogP contribution in [-0.4, -0.2) is 58.8 Å². The number of hydrogen-bond donors (Lipinski definition) is 2. The lowest BCUT2D eigenvalue weighted by Crippen LogP contribution is -2.51. The van der Waals surface area contributed by atoms with Gasteiger partial charge in [-0.05, 0) is 17.7 Å². The van der Waals surface area contributed by atoms with Gasteiger partial charge in [-0.3, -0.25) is 14.9 Å². The van der Waals surface area contributed by atoms with Gasteiger partial charge in [0.25, 0.3) is 0 Å². The Balaban J connectivity index is 1.44. The molecule has 2 heterocycles. The zero-order valence-corrected chi connectivity index (χ0v) is 17.6. The lowest BCUT2D eigenvalue weighted by molar-refractivity contribution is -0.130. The van der Waals surface area contributed by atoms with Crippen LogP contribution in [0.15, 0.2) is 29.6 Å². The predicted molar refractivity (Wildman–Crippen MR) is 112 cm³/mol. The summed E-state index contributed by atoms with van der Waals surface area (Å²) >= 11 is 7.12. The molecule has 2 N–H and O–H groups in total. The molecule has 3 rings (SSSR count). The summed E-state index contributed by atoms with van der Waals surface area (Å²) in [5.74, 6) is -0.132. The van der Waals surface area contributed by atoms with Gasteiger partial charge in [-0.1, -0.05) is 23.7 Å². The molecule has 1 aliphatic rings. The van der Waals surface area contributed by atoms with Crippen molar-refractivity contribution < 1.29 is 14.4 Å². The number of amides is 4. The first-order chi connectivity index (χ1) is 13.9. The van der Waals surface area contributed by atoms with Crippen LogP contribution in [0.2, 0.25) is 5.02 Å². The van der Waals surface area contributed by atoms with Crippen LogP contribution in [-0.2, 0) is 22.6 Å². The molecule has 154 valence electrons. The van der Waals surface area contributed by atoms with Gasteiger partial charge in [0.1, 0.15) is 0 Å². The molecule has 1 aromatic carbocycles. The Morgan fingerprint density at radius 3 is 2.41 bits per heavy atom. The first kappa shape index (κ1) is 21.1. The van der Waals surface area contributed by atoms with E-state index in [0.29, 0.717) is 48.6 Å². The van der Waals surface area contributed by atoms with Crippen molar-refractivity contribution in [2.45, 2.75) is 19.9 Å². The Kier molecular flexibility index (Phi) is 7.05. The molecule has 0 spiro atoms. The van der Waals surface area contributed by atoms with E-state index in [4.69, 9.17) is 11.6 Å². The van der Waals surface area contributed by atoms with Crippen LogP contribution in [0, 0.1) is 0 Å². The second-order valence-electron chi connectivity index (χ2n) is 6.65. The van der Waals surface area contributed by atoms with Crippen molar-refractivity contribution in [3.05, 3.63) is 45.9 Å². The van der Waals surface area contributed by atoms with Crippen LogP contribution >= 0.6 is 22.9 Å². The zero-order valence-electron chi connectivity index (χ0n) is 16.0. The molecule has 2 aromatic rings. The summed E-state index contributed by atoms with van der Waals surface area (Å²) in [7, 11) is 0. The number of anilines is 1. The van der Waals surface area contributed by atoms with Crippen LogP contribution in [0.3, 0.4) is 0 Å². The van der Waals surface area contributed by atoms with E-state index in [-0.39, 0.29) is 24.3 Å². The maximum Gasteiger partial charge on any atom is 0.323 e. The topological polar surface area (TPSA) is 94.6 Å². The van der Waals surface area contributed by atoms with Crippen molar-refractivity contribution in [3.8, 4) is 0 Å². The fourth-order valence-corrected chi connectivity index (χ4v) is 3.70. The normalized spacial score (nSPS) is 13.9. The molecule has 1 saturated heterocycles. The average Bonchev–Trinajstić information content (AvgIpc) is 3.14. The van der Waals surface area contributed by atoms with E-state index in [1.807, 2.05) is 12.1 Å². The molecule has 0 aliphatic carbocycles. The van der Waals surface area contributed by atoms with Crippen LogP contribution in [0.5, 0.6) is 0 Å². The number of nitrogens with one attached hydrogen (secondary N) is 2. The van der Waals surface area contributed by atoms with Crippen LogP contribution < -0.4 is 10.6 Å². The van der Waals surface area contributed by atoms with Crippen molar-refractivity contribution in [3.63, 3.8) is 0 Å². The maximum absolute atomic E-state index is 12.3. The smallest absolute Gasteiger partial charge is 0.323 e. The number of piperazine rings is 1. The molecule has 0 saturated carbocycles. The first-order valence-electron chi connectivity index (χ1n) is 9.17. The van der Waals surface area contributed by atoms with Gasteiger partial charge in [0.05, 0.1) is 12.1 Å². The second kappa shape index (κ2) is 9.71. The fraction of sp³-hybridized carbons (Fsp3) is 0.368. The minimum absolute atomic E-state index is 0.0176. The lowest BCUT2D eigenvalue weighted by Gasteiger charge is -2.33. The maximum atomic E-state index is 12.3. The fourth-order valence-electron chi connectivity index (χ4n) is 2.87. The minimum atomic E-state index is -0.249. The Labute approximate surface area is 177 Å². The second-order valence-corrected chi connectivity index (χ2v) is 7.94. The molecule has 0 bridgehead atoms. The van der Waals surface area contributed by atoms with E-state index in [1.54, 1.807) is 27.3 Å². The number of carbonyl (C=O) groups is 3. The molecule has 1 fully saturated rings. The highest BCUT2D eigenvalue weighted by Crippen LogP contribution is 2.17. The van der Waals surface area contributed by atoms with Crippen LogP contribution in [0.25, 0.3) is 0 Å². The van der Waals surface area contributed by atoms with Gasteiger partial charge in [-0.15, -0.1) is 11.3 Å². The minimum Gasteiger partial charge on any atom is -0.352 e. The summed E-state index contributed by atoms with van der Waals surface area (Å²) in [6.07, 6.45) is 0.136. The Hall–Kier alpha value is -2.65. The van der Waals surface area contributed by atoms with Gasteiger partial charge in [0.15, 0.2) is 5.13 Å². The Morgan fingerprint density at radius 1 is 1.10 bits per heavy atom. The molecular formula is C19H22ClN5O3S. The van der Waals surface area contributed by atoms with Crippen molar-refractivity contribution in [1.29, 1.82) is 0 Å². The highest BCUT2D eigenvalue weighted by Gasteiger charge is 2.23. The molecule has 4 amide bonds. The van der Waals surface area contributed by atoms with E-state index >= 15 is 0 Å². The van der Waals surface area contributed by atoms with E-state index in [2.05, 4.69) is 15.6 Å². The average molecular weight is 436 g/mol. The van der Waals surface area contributed by atoms with E-state index in [0.717, 1.165) is 5.56 Å². The highest BCUT2D eigenvalue weighted by molar-refractivity contribution is 7.13. The SMILES string of the molecule is CC(=O)N1CCN(C(=O)Nc2nc(CC(=O)NCc3ccc(Cl)cc3)cs2)CC1. The summed E-state index contributed by atoms with van der Waals surface area (Å²) in [5.41, 5.74) is 1.55. The lowest BCUT2D eigenvalue weighted by atomic mass is 10.2. The standard InChI is InChI=1S/C19H22ClN5O3S/c1-13(26)24-6-8-25(9-7-24)19(28)23-18-22-16(12-29-18)10-17(27)21-11-14-2-4-15(20)5-3-14/h2-5,12H,6-11H2,1H3,(H,21,27)(H,22,23,28). The van der Waals surface area contributed by atoms with Crippen molar-refractivity contribution in [2.75, 3.05) is 31.5 Å². The summed E-state index contributed by atoms with van der Waals surface area (Å²) in [5, 5.41) is 8.45. The molecule has 10 heteroatoms. The number of halogens is 1. The number of hydrogen-bond acceptors (Lipinski definition) is 5. The van der Waals surface area contributed by atoms with Crippen molar-refractivity contribution in [2.24, 2.45) is 0 Å². The van der Waals surface area contributed by atoms with Gasteiger partial charge >= 0.3 is 6.03 Å². The molecule has 1 aromatic heterocycles. The Bertz CT molecular complexity index is 878. The van der Waals surface area contributed by atoms with Gasteiger partial charge < -0.3 is 15.1 Å². The summed E-state index contributed by atoms with van der Waals surface area (Å²) < 4.78 is 0. The first-order valence-corrected chi connectivity index (χ1v) is 10.4. The molecule has 1 aliphatic heterocycles. The summed E-state index contributed by atoms with van der Waals surface area (Å²) in [6.45, 7) is 3.96. The predicted octanol–water partition coefficient (Wildman–Crippen LogP) is 2.35. The number of urea groups is 1. The van der Waals surface area contributed by atoms with E-state index in [9.17, 15) is 14.4 Å². The third kappa shape index (κ3) is 6.16. The monoisotopic (exact) mass is 435 g/mol. The molecule has 0 unspecified atom stereocenters. The van der Waals surface area contributed by atoms with Gasteiger partial charge in [-0.25, -0.2) is 9.78 Å². The Morgan fingerprint density at radius 2 is 1.76 bits per heavy atom. The van der Waals surface area contributed by atoms with Crippen LogP contribution in [0.1, 0.15) is 18.2 Å². The number of benzene rings is 1. The molecule has 0 atom stereocenters. The third-order valence-corrected chi connectivity index (χ3v) is 5.58. The highest BCUT2D eigenvalue weighted by atomic mass is 35.5. The van der Waals surface area contributed by atoms with E-state index < -0.39 is 0 Å². The number of carbonyl (C=O) groups excluding carboxylic acids is 3. The number of aromatic nitrogens is 1. The van der Waals surface area contributed by atoms with Gasteiger partial charge in [0, 0.05) is 50.1 Å². The quantitative estimate of drug-likeness (QED) is 0.753. The zero-order chi connectivity index (χ0) is 20.8. The van der Waals surface area contributed by atoms with Crippen molar-refractivity contribution >= 4 is 45.9 Å². The largest absolute Gasteiger partial charge is 0.352 e. The number of rotatable bonds is 5.